The van der Waals surface area contributed by atoms with Gasteiger partial charge in [0.15, 0.2) is 0 Å². The number of unbranched alkanes of at least 4 members (excludes halogenated alkanes) is 1. The van der Waals surface area contributed by atoms with E-state index in [2.05, 4.69) is 33.0 Å². The van der Waals surface area contributed by atoms with Gasteiger partial charge in [-0.2, -0.15) is 13.2 Å². The number of carboxylic acids is 3. The van der Waals surface area contributed by atoms with Gasteiger partial charge in [0.2, 0.25) is 0 Å². The van der Waals surface area contributed by atoms with E-state index in [0.29, 0.717) is 4.47 Å². The van der Waals surface area contributed by atoms with Crippen LogP contribution in [0.5, 0.6) is 0 Å². The van der Waals surface area contributed by atoms with Gasteiger partial charge in [0.05, 0.1) is 16.7 Å². The average molecular weight is 570 g/mol. The number of hydrogen-bond acceptors (Lipinski definition) is 4. The van der Waals surface area contributed by atoms with E-state index in [0.717, 1.165) is 37.5 Å². The van der Waals surface area contributed by atoms with Crippen LogP contribution < -0.4 is 0 Å². The van der Waals surface area contributed by atoms with Crippen molar-refractivity contribution in [2.45, 2.75) is 31.9 Å². The Morgan fingerprint density at radius 2 is 1.44 bits per heavy atom. The van der Waals surface area contributed by atoms with E-state index in [4.69, 9.17) is 15.3 Å². The number of rotatable bonds is 7. The molecule has 36 heavy (non-hydrogen) atoms. The minimum absolute atomic E-state index is 0.189. The number of aromatic nitrogens is 1. The van der Waals surface area contributed by atoms with Gasteiger partial charge in [0, 0.05) is 23.3 Å². The molecular weight excluding hydrogens is 547 g/mol. The number of hydrogen-bond donors (Lipinski definition) is 3. The molecule has 0 saturated carbocycles. The van der Waals surface area contributed by atoms with Gasteiger partial charge in [0.1, 0.15) is 0 Å². The summed E-state index contributed by atoms with van der Waals surface area (Å²) < 4.78 is 37.1. The van der Waals surface area contributed by atoms with Gasteiger partial charge in [-0.05, 0) is 59.0 Å². The van der Waals surface area contributed by atoms with Gasteiger partial charge in [-0.15, -0.1) is 0 Å². The second kappa shape index (κ2) is 15.3. The first-order chi connectivity index (χ1) is 16.9. The van der Waals surface area contributed by atoms with Crippen LogP contribution in [0.1, 0.15) is 51.1 Å². The molecule has 0 aliphatic rings. The predicted molar refractivity (Wildman–Crippen MR) is 129 cm³/mol. The van der Waals surface area contributed by atoms with Crippen molar-refractivity contribution in [3.63, 3.8) is 0 Å². The van der Waals surface area contributed by atoms with Crippen LogP contribution in [0.15, 0.2) is 77.5 Å². The van der Waals surface area contributed by atoms with Crippen molar-refractivity contribution in [2.75, 3.05) is 0 Å². The molecule has 1 heterocycles. The van der Waals surface area contributed by atoms with Crippen LogP contribution in [0.2, 0.25) is 0 Å². The molecule has 192 valence electrons. The number of alkyl halides is 3. The normalized spacial score (nSPS) is 10.2. The van der Waals surface area contributed by atoms with Crippen LogP contribution in [0.3, 0.4) is 0 Å². The van der Waals surface area contributed by atoms with Crippen LogP contribution in [0, 0.1) is 0 Å². The lowest BCUT2D eigenvalue weighted by atomic mass is 10.1. The van der Waals surface area contributed by atoms with Gasteiger partial charge < -0.3 is 15.3 Å². The lowest BCUT2D eigenvalue weighted by Gasteiger charge is -2.08. The SMILES string of the molecule is O=C(O)CCCCc1ccccc1.O=C(O)c1ccccc1C(F)(F)F.O=C(O)c1cncc(Br)c1. The van der Waals surface area contributed by atoms with Gasteiger partial charge in [0.25, 0.3) is 0 Å². The molecule has 0 amide bonds. The average Bonchev–Trinajstić information content (AvgIpc) is 2.83. The van der Waals surface area contributed by atoms with E-state index in [9.17, 15) is 27.6 Å². The maximum Gasteiger partial charge on any atom is 0.417 e. The first-order valence-electron chi connectivity index (χ1n) is 10.4. The summed E-state index contributed by atoms with van der Waals surface area (Å²) in [5.41, 5.74) is -0.375. The van der Waals surface area contributed by atoms with Crippen molar-refractivity contribution >= 4 is 33.8 Å². The fourth-order valence-electron chi connectivity index (χ4n) is 2.70. The molecule has 0 aliphatic heterocycles. The van der Waals surface area contributed by atoms with Crippen LogP contribution in [-0.2, 0) is 17.4 Å². The van der Waals surface area contributed by atoms with Crippen molar-refractivity contribution in [3.8, 4) is 0 Å². The fraction of sp³-hybridized carbons (Fsp3) is 0.200. The van der Waals surface area contributed by atoms with E-state index in [-0.39, 0.29) is 12.0 Å². The van der Waals surface area contributed by atoms with Gasteiger partial charge in [-0.25, -0.2) is 9.59 Å². The van der Waals surface area contributed by atoms with Crippen molar-refractivity contribution in [2.24, 2.45) is 0 Å². The highest BCUT2D eigenvalue weighted by Gasteiger charge is 2.34. The predicted octanol–water partition coefficient (Wildman–Crippen LogP) is 6.43. The van der Waals surface area contributed by atoms with Gasteiger partial charge in [-0.1, -0.05) is 42.5 Å². The van der Waals surface area contributed by atoms with E-state index in [1.165, 1.54) is 30.1 Å². The number of aryl methyl sites for hydroxylation is 1. The van der Waals surface area contributed by atoms with E-state index >= 15 is 0 Å². The van der Waals surface area contributed by atoms with Crippen LogP contribution >= 0.6 is 15.9 Å². The second-order valence-electron chi connectivity index (χ2n) is 7.13. The molecule has 3 aromatic rings. The molecule has 1 aromatic heterocycles. The van der Waals surface area contributed by atoms with Gasteiger partial charge in [-0.3, -0.25) is 9.78 Å². The summed E-state index contributed by atoms with van der Waals surface area (Å²) in [5.74, 6) is -3.24. The summed E-state index contributed by atoms with van der Waals surface area (Å²) in [4.78, 5) is 34.5. The lowest BCUT2D eigenvalue weighted by molar-refractivity contribution is -0.138. The quantitative estimate of drug-likeness (QED) is 0.280. The highest BCUT2D eigenvalue weighted by molar-refractivity contribution is 9.10. The zero-order valence-electron chi connectivity index (χ0n) is 18.8. The van der Waals surface area contributed by atoms with Crippen molar-refractivity contribution < 1.29 is 42.9 Å². The van der Waals surface area contributed by atoms with E-state index in [1.807, 2.05) is 18.2 Å². The maximum absolute atomic E-state index is 12.1. The number of halogens is 4. The summed E-state index contributed by atoms with van der Waals surface area (Å²) >= 11 is 3.10. The Kier molecular flexibility index (Phi) is 12.9. The van der Waals surface area contributed by atoms with Crippen LogP contribution in [0.4, 0.5) is 13.2 Å². The molecule has 2 aromatic carbocycles. The van der Waals surface area contributed by atoms with Crippen molar-refractivity contribution in [3.05, 3.63) is 99.8 Å². The molecular formula is C25H23BrF3NO6. The molecule has 3 rings (SSSR count). The third kappa shape index (κ3) is 12.1. The number of aliphatic carboxylic acids is 1. The van der Waals surface area contributed by atoms with Crippen LogP contribution in [0.25, 0.3) is 0 Å². The number of carboxylic acid groups (broad SMARTS) is 3. The molecule has 3 N–H and O–H groups in total. The number of aromatic carboxylic acids is 2. The summed E-state index contributed by atoms with van der Waals surface area (Å²) in [6.07, 6.45) is 1.20. The summed E-state index contributed by atoms with van der Waals surface area (Å²) in [5, 5.41) is 25.3. The Morgan fingerprint density at radius 1 is 0.833 bits per heavy atom. The smallest absolute Gasteiger partial charge is 0.417 e. The molecule has 0 bridgehead atoms. The first kappa shape index (κ1) is 30.3. The summed E-state index contributed by atoms with van der Waals surface area (Å²) in [7, 11) is 0. The number of nitrogens with zero attached hydrogens (tertiary/aromatic N) is 1. The van der Waals surface area contributed by atoms with Crippen molar-refractivity contribution in [1.29, 1.82) is 0 Å². The first-order valence-corrected chi connectivity index (χ1v) is 11.2. The lowest BCUT2D eigenvalue weighted by Crippen LogP contribution is -2.12. The molecule has 0 unspecified atom stereocenters. The number of pyridine rings is 1. The second-order valence-corrected chi connectivity index (χ2v) is 8.05. The highest BCUT2D eigenvalue weighted by Crippen LogP contribution is 2.31. The third-order valence-corrected chi connectivity index (χ3v) is 4.80. The third-order valence-electron chi connectivity index (χ3n) is 4.36. The monoisotopic (exact) mass is 569 g/mol. The standard InChI is InChI=1S/C11H14O2.C8H5F3O2.C6H4BrNO2/c12-11(13)9-5-4-8-10-6-2-1-3-7-10;9-8(10,11)6-4-2-1-3-5(6)7(12)13;7-5-1-4(6(9)10)2-8-3-5/h1-3,6-7H,4-5,8-9H2,(H,12,13);1-4H,(H,12,13);1-3H,(H,9,10). The highest BCUT2D eigenvalue weighted by atomic mass is 79.9. The summed E-state index contributed by atoms with van der Waals surface area (Å²) in [6, 6.07) is 15.7. The molecule has 0 saturated heterocycles. The summed E-state index contributed by atoms with van der Waals surface area (Å²) in [6.45, 7) is 0. The largest absolute Gasteiger partial charge is 0.481 e. The van der Waals surface area contributed by atoms with Crippen LogP contribution in [-0.4, -0.2) is 38.2 Å². The maximum atomic E-state index is 12.1. The fourth-order valence-corrected chi connectivity index (χ4v) is 3.06. The Balaban J connectivity index is 0.000000273. The zero-order chi connectivity index (χ0) is 27.1. The minimum atomic E-state index is -4.62. The van der Waals surface area contributed by atoms with Crippen molar-refractivity contribution in [1.82, 2.24) is 4.98 Å². The Labute approximate surface area is 213 Å². The van der Waals surface area contributed by atoms with E-state index < -0.39 is 35.2 Å². The minimum Gasteiger partial charge on any atom is -0.481 e. The topological polar surface area (TPSA) is 125 Å². The molecule has 7 nitrogen and oxygen atoms in total. The molecule has 0 spiro atoms. The Morgan fingerprint density at radius 3 is 1.92 bits per heavy atom. The molecule has 0 aliphatic carbocycles. The molecule has 0 fully saturated rings. The molecule has 0 radical (unpaired) electrons. The number of carbonyl (C=O) groups is 3. The Bertz CT molecular complexity index is 1140. The van der Waals surface area contributed by atoms with E-state index in [1.54, 1.807) is 0 Å². The Hall–Kier alpha value is -3.73. The molecule has 0 atom stereocenters. The zero-order valence-corrected chi connectivity index (χ0v) is 20.4. The van der Waals surface area contributed by atoms with Gasteiger partial charge >= 0.3 is 24.1 Å². The molecule has 11 heteroatoms. The number of benzene rings is 2.